The van der Waals surface area contributed by atoms with E-state index in [-0.39, 0.29) is 30.0 Å². The van der Waals surface area contributed by atoms with Gasteiger partial charge in [-0.25, -0.2) is 0 Å². The number of rotatable bonds is 3. The molecule has 4 heteroatoms. The molecule has 0 amide bonds. The monoisotopic (exact) mass is 282 g/mol. The Hall–Kier alpha value is -0.610. The molecule has 2 N–H and O–H groups in total. The Labute approximate surface area is 120 Å². The summed E-state index contributed by atoms with van der Waals surface area (Å²) in [5, 5.41) is 20.6. The molecule has 4 aliphatic carbocycles. The van der Waals surface area contributed by atoms with Gasteiger partial charge in [-0.2, -0.15) is 0 Å². The van der Waals surface area contributed by atoms with E-state index in [1.807, 2.05) is 20.8 Å². The van der Waals surface area contributed by atoms with Crippen LogP contribution in [0.4, 0.5) is 0 Å². The lowest BCUT2D eigenvalue weighted by atomic mass is 9.52. The summed E-state index contributed by atoms with van der Waals surface area (Å²) in [6.07, 6.45) is 2.25. The molecule has 20 heavy (non-hydrogen) atoms. The van der Waals surface area contributed by atoms with Gasteiger partial charge in [-0.1, -0.05) is 6.92 Å². The van der Waals surface area contributed by atoms with Gasteiger partial charge in [-0.3, -0.25) is 4.79 Å². The fourth-order valence-electron chi connectivity index (χ4n) is 4.40. The summed E-state index contributed by atoms with van der Waals surface area (Å²) < 4.78 is 5.81. The number of carbonyl (C=O) groups excluding carboxylic acids is 1. The summed E-state index contributed by atoms with van der Waals surface area (Å²) >= 11 is 0. The van der Waals surface area contributed by atoms with Crippen LogP contribution in [0.25, 0.3) is 0 Å². The normalized spacial score (nSPS) is 46.5. The van der Waals surface area contributed by atoms with Gasteiger partial charge < -0.3 is 14.9 Å². The van der Waals surface area contributed by atoms with Gasteiger partial charge in [-0.15, -0.1) is 0 Å². The highest BCUT2D eigenvalue weighted by atomic mass is 16.5. The van der Waals surface area contributed by atoms with Crippen LogP contribution in [0.1, 0.15) is 46.5 Å². The third kappa shape index (κ3) is 2.00. The molecule has 114 valence electrons. The molecule has 0 aromatic heterocycles. The Morgan fingerprint density at radius 1 is 1.10 bits per heavy atom. The molecule has 0 heterocycles. The van der Waals surface area contributed by atoms with Crippen molar-refractivity contribution in [1.82, 2.24) is 0 Å². The number of aliphatic hydroxyl groups excluding tert-OH is 2. The fourth-order valence-corrected chi connectivity index (χ4v) is 4.40. The Morgan fingerprint density at radius 3 is 2.40 bits per heavy atom. The van der Waals surface area contributed by atoms with Crippen LogP contribution in [0.15, 0.2) is 0 Å². The third-order valence-corrected chi connectivity index (χ3v) is 6.12. The molecule has 4 fully saturated rings. The minimum absolute atomic E-state index is 0.00774. The van der Waals surface area contributed by atoms with Crippen molar-refractivity contribution in [3.8, 4) is 0 Å². The van der Waals surface area contributed by atoms with Crippen molar-refractivity contribution in [3.63, 3.8) is 0 Å². The quantitative estimate of drug-likeness (QED) is 0.774. The lowest BCUT2D eigenvalue weighted by Crippen LogP contribution is -2.63. The van der Waals surface area contributed by atoms with Gasteiger partial charge in [0.05, 0.1) is 17.6 Å². The van der Waals surface area contributed by atoms with E-state index >= 15 is 0 Å². The van der Waals surface area contributed by atoms with E-state index in [0.29, 0.717) is 11.8 Å². The van der Waals surface area contributed by atoms with Crippen molar-refractivity contribution >= 4 is 5.97 Å². The molecular formula is C16H26O4. The number of carbonyl (C=O) groups is 1. The minimum atomic E-state index is -0.514. The van der Waals surface area contributed by atoms with Crippen LogP contribution in [0, 0.1) is 29.1 Å². The van der Waals surface area contributed by atoms with Gasteiger partial charge in [0.25, 0.3) is 0 Å². The van der Waals surface area contributed by atoms with Crippen LogP contribution >= 0.6 is 0 Å². The maximum Gasteiger partial charge on any atom is 0.311 e. The summed E-state index contributed by atoms with van der Waals surface area (Å²) in [6.45, 7) is 5.81. The highest BCUT2D eigenvalue weighted by Gasteiger charge is 2.58. The lowest BCUT2D eigenvalue weighted by molar-refractivity contribution is -0.223. The average Bonchev–Trinajstić information content (AvgIpc) is 2.41. The lowest BCUT2D eigenvalue weighted by Gasteiger charge is -2.58. The first kappa shape index (κ1) is 14.3. The van der Waals surface area contributed by atoms with Gasteiger partial charge in [-0.05, 0) is 51.4 Å². The second kappa shape index (κ2) is 4.70. The molecule has 0 radical (unpaired) electrons. The van der Waals surface area contributed by atoms with E-state index in [2.05, 4.69) is 0 Å². The van der Waals surface area contributed by atoms with Crippen molar-refractivity contribution in [3.05, 3.63) is 0 Å². The molecule has 4 bridgehead atoms. The van der Waals surface area contributed by atoms with E-state index in [9.17, 15) is 15.0 Å². The minimum Gasteiger partial charge on any atom is -0.461 e. The Morgan fingerprint density at radius 2 is 1.75 bits per heavy atom. The third-order valence-electron chi connectivity index (χ3n) is 6.12. The molecule has 7 atom stereocenters. The molecule has 4 nitrogen and oxygen atoms in total. The number of hydrogen-bond acceptors (Lipinski definition) is 4. The van der Waals surface area contributed by atoms with Crippen LogP contribution in [-0.2, 0) is 9.53 Å². The zero-order valence-corrected chi connectivity index (χ0v) is 12.6. The van der Waals surface area contributed by atoms with Crippen molar-refractivity contribution in [1.29, 1.82) is 0 Å². The predicted molar refractivity (Wildman–Crippen MR) is 73.8 cm³/mol. The first-order valence-electron chi connectivity index (χ1n) is 7.92. The first-order chi connectivity index (χ1) is 9.35. The standard InChI is InChI=1S/C16H26O4/c1-4-16(2,3)15(19)20-14-9-5-8-6-11(14)13(18)10(7-9)12(8)17/h8-14,17-18H,4-7H2,1-3H3. The second-order valence-corrected chi connectivity index (χ2v) is 7.64. The van der Waals surface area contributed by atoms with Crippen LogP contribution in [0.2, 0.25) is 0 Å². The molecule has 7 unspecified atom stereocenters. The Bertz CT molecular complexity index is 405. The molecule has 4 aliphatic rings. The second-order valence-electron chi connectivity index (χ2n) is 7.64. The summed E-state index contributed by atoms with van der Waals surface area (Å²) in [7, 11) is 0. The smallest absolute Gasteiger partial charge is 0.311 e. The van der Waals surface area contributed by atoms with E-state index in [1.54, 1.807) is 0 Å². The van der Waals surface area contributed by atoms with Crippen LogP contribution in [-0.4, -0.2) is 34.5 Å². The van der Waals surface area contributed by atoms with Gasteiger partial charge in [0.2, 0.25) is 0 Å². The van der Waals surface area contributed by atoms with Crippen LogP contribution in [0.3, 0.4) is 0 Å². The molecule has 0 saturated heterocycles. The molecule has 4 rings (SSSR count). The maximum absolute atomic E-state index is 12.3. The van der Waals surface area contributed by atoms with Crippen molar-refractivity contribution in [2.75, 3.05) is 0 Å². The van der Waals surface area contributed by atoms with E-state index in [0.717, 1.165) is 25.7 Å². The highest BCUT2D eigenvalue weighted by molar-refractivity contribution is 5.76. The van der Waals surface area contributed by atoms with E-state index < -0.39 is 11.5 Å². The molecule has 4 saturated carbocycles. The highest BCUT2D eigenvalue weighted by Crippen LogP contribution is 2.55. The molecule has 0 aromatic carbocycles. The number of esters is 1. The summed E-state index contributed by atoms with van der Waals surface area (Å²) in [5.41, 5.74) is -0.459. The van der Waals surface area contributed by atoms with E-state index in [4.69, 9.17) is 4.74 Å². The molecular weight excluding hydrogens is 256 g/mol. The van der Waals surface area contributed by atoms with E-state index in [1.165, 1.54) is 0 Å². The zero-order chi connectivity index (χ0) is 14.7. The van der Waals surface area contributed by atoms with Crippen molar-refractivity contribution < 1.29 is 19.7 Å². The summed E-state index contributed by atoms with van der Waals surface area (Å²) in [4.78, 5) is 12.3. The van der Waals surface area contributed by atoms with Gasteiger partial charge in [0.15, 0.2) is 0 Å². The van der Waals surface area contributed by atoms with Crippen LogP contribution < -0.4 is 0 Å². The molecule has 0 aliphatic heterocycles. The average molecular weight is 282 g/mol. The Balaban J connectivity index is 1.75. The zero-order valence-electron chi connectivity index (χ0n) is 12.6. The van der Waals surface area contributed by atoms with Crippen LogP contribution in [0.5, 0.6) is 0 Å². The van der Waals surface area contributed by atoms with Gasteiger partial charge in [0.1, 0.15) is 6.10 Å². The van der Waals surface area contributed by atoms with Crippen molar-refractivity contribution in [2.24, 2.45) is 29.1 Å². The van der Waals surface area contributed by atoms with Gasteiger partial charge >= 0.3 is 5.97 Å². The molecule has 0 spiro atoms. The van der Waals surface area contributed by atoms with Crippen molar-refractivity contribution in [2.45, 2.75) is 64.8 Å². The maximum atomic E-state index is 12.3. The number of aliphatic hydroxyl groups is 2. The fraction of sp³-hybridized carbons (Fsp3) is 0.938. The SMILES string of the molecule is CCC(C)(C)C(=O)OC1C2CC3CC1C(O)C(C2)C3O. The predicted octanol–water partition coefficient (Wildman–Crippen LogP) is 1.73. The first-order valence-corrected chi connectivity index (χ1v) is 7.92. The summed E-state index contributed by atoms with van der Waals surface area (Å²) in [5.74, 6) is 0.489. The summed E-state index contributed by atoms with van der Waals surface area (Å²) in [6, 6.07) is 0. The van der Waals surface area contributed by atoms with Gasteiger partial charge in [0, 0.05) is 11.8 Å². The molecule has 0 aromatic rings. The topological polar surface area (TPSA) is 66.8 Å². The number of hydrogen-bond donors (Lipinski definition) is 2. The Kier molecular flexibility index (Phi) is 3.37. The number of ether oxygens (including phenoxy) is 1. The largest absolute Gasteiger partial charge is 0.461 e.